The van der Waals surface area contributed by atoms with E-state index in [1.54, 1.807) is 12.7 Å². The number of methoxy groups -OCH3 is 1. The van der Waals surface area contributed by atoms with Crippen molar-refractivity contribution in [2.45, 2.75) is 90.4 Å². The predicted molar refractivity (Wildman–Crippen MR) is 98.1 cm³/mol. The molecule has 0 aliphatic heterocycles. The molecule has 144 valence electrons. The lowest BCUT2D eigenvalue weighted by atomic mass is 9.50. The molecule has 0 heterocycles. The molecule has 0 spiro atoms. The number of hydrogen-bond donors (Lipinski definition) is 2. The molecule has 2 N–H and O–H groups in total. The van der Waals surface area contributed by atoms with Gasteiger partial charge in [-0.15, -0.1) is 0 Å². The first-order valence-corrected chi connectivity index (χ1v) is 9.87. The van der Waals surface area contributed by atoms with E-state index in [1.807, 2.05) is 0 Å². The Kier molecular flexibility index (Phi) is 5.13. The second kappa shape index (κ2) is 6.63. The molecule has 3 aliphatic rings. The third-order valence-electron chi connectivity index (χ3n) is 7.97. The van der Waals surface area contributed by atoms with Gasteiger partial charge in [0, 0.05) is 12.5 Å². The van der Waals surface area contributed by atoms with Crippen molar-refractivity contribution in [1.29, 1.82) is 0 Å². The SMILES string of the molecule is COCO[C@H]1CC[C@H](O)[C@@]2(O)C[C@@H]3CCC(C)=C(CC[C@]12C)C3(C)C. The lowest BCUT2D eigenvalue weighted by molar-refractivity contribution is -0.256. The summed E-state index contributed by atoms with van der Waals surface area (Å²) < 4.78 is 11.1. The number of rotatable bonds is 3. The Morgan fingerprint density at radius 3 is 2.52 bits per heavy atom. The minimum atomic E-state index is -1.09. The number of allylic oxidation sites excluding steroid dienone is 2. The smallest absolute Gasteiger partial charge is 0.146 e. The van der Waals surface area contributed by atoms with Crippen LogP contribution in [0.1, 0.15) is 72.6 Å². The van der Waals surface area contributed by atoms with Gasteiger partial charge in [0.05, 0.1) is 17.8 Å². The van der Waals surface area contributed by atoms with Gasteiger partial charge < -0.3 is 19.7 Å². The van der Waals surface area contributed by atoms with E-state index in [0.29, 0.717) is 18.8 Å². The quantitative estimate of drug-likeness (QED) is 0.599. The van der Waals surface area contributed by atoms with Crippen LogP contribution in [0, 0.1) is 16.7 Å². The van der Waals surface area contributed by atoms with Gasteiger partial charge in [-0.05, 0) is 63.2 Å². The highest BCUT2D eigenvalue weighted by atomic mass is 16.7. The first-order chi connectivity index (χ1) is 11.7. The number of aliphatic hydroxyl groups excluding tert-OH is 1. The van der Waals surface area contributed by atoms with Crippen molar-refractivity contribution in [2.24, 2.45) is 16.7 Å². The van der Waals surface area contributed by atoms with E-state index in [2.05, 4.69) is 27.7 Å². The summed E-state index contributed by atoms with van der Waals surface area (Å²) in [7, 11) is 1.63. The Balaban J connectivity index is 2.02. The zero-order chi connectivity index (χ0) is 18.5. The topological polar surface area (TPSA) is 58.9 Å². The van der Waals surface area contributed by atoms with E-state index in [1.165, 1.54) is 5.57 Å². The molecule has 4 nitrogen and oxygen atoms in total. The molecule has 0 radical (unpaired) electrons. The zero-order valence-electron chi connectivity index (χ0n) is 16.6. The van der Waals surface area contributed by atoms with Crippen molar-refractivity contribution < 1.29 is 19.7 Å². The van der Waals surface area contributed by atoms with Crippen LogP contribution in [0.4, 0.5) is 0 Å². The zero-order valence-corrected chi connectivity index (χ0v) is 16.6. The highest BCUT2D eigenvalue weighted by molar-refractivity contribution is 5.27. The van der Waals surface area contributed by atoms with Gasteiger partial charge in [-0.1, -0.05) is 31.9 Å². The molecule has 0 aromatic rings. The lowest BCUT2D eigenvalue weighted by Gasteiger charge is -2.59. The molecule has 4 heteroatoms. The first kappa shape index (κ1) is 19.3. The number of fused-ring (bicyclic) bond motifs is 3. The van der Waals surface area contributed by atoms with Crippen molar-refractivity contribution in [1.82, 2.24) is 0 Å². The summed E-state index contributed by atoms with van der Waals surface area (Å²) >= 11 is 0. The highest BCUT2D eigenvalue weighted by Crippen LogP contribution is 2.59. The maximum Gasteiger partial charge on any atom is 0.146 e. The fourth-order valence-corrected chi connectivity index (χ4v) is 6.04. The normalized spacial score (nSPS) is 44.0. The highest BCUT2D eigenvalue weighted by Gasteiger charge is 2.61. The van der Waals surface area contributed by atoms with Crippen LogP contribution in [0.5, 0.6) is 0 Å². The maximum atomic E-state index is 11.8. The van der Waals surface area contributed by atoms with Gasteiger partial charge in [-0.2, -0.15) is 0 Å². The van der Waals surface area contributed by atoms with E-state index in [0.717, 1.165) is 32.1 Å². The summed E-state index contributed by atoms with van der Waals surface area (Å²) in [6, 6.07) is 0. The van der Waals surface area contributed by atoms with Crippen LogP contribution in [0.15, 0.2) is 11.1 Å². The fraction of sp³-hybridized carbons (Fsp3) is 0.905. The molecule has 2 bridgehead atoms. The average Bonchev–Trinajstić information content (AvgIpc) is 2.54. The summed E-state index contributed by atoms with van der Waals surface area (Å²) in [5, 5.41) is 22.7. The van der Waals surface area contributed by atoms with Crippen molar-refractivity contribution in [3.63, 3.8) is 0 Å². The second-order valence-corrected chi connectivity index (χ2v) is 9.42. The molecule has 2 fully saturated rings. The van der Waals surface area contributed by atoms with Gasteiger partial charge in [0.2, 0.25) is 0 Å². The molecule has 5 atom stereocenters. The molecule has 3 rings (SSSR count). The van der Waals surface area contributed by atoms with Crippen LogP contribution in [0.25, 0.3) is 0 Å². The van der Waals surface area contributed by atoms with Crippen LogP contribution in [-0.4, -0.2) is 41.9 Å². The monoisotopic (exact) mass is 352 g/mol. The van der Waals surface area contributed by atoms with Gasteiger partial charge in [0.15, 0.2) is 0 Å². The molecule has 3 aliphatic carbocycles. The average molecular weight is 353 g/mol. The predicted octanol–water partition coefficient (Wildman–Crippen LogP) is 3.80. The summed E-state index contributed by atoms with van der Waals surface area (Å²) in [5.74, 6) is 0.395. The molecule has 0 aromatic carbocycles. The van der Waals surface area contributed by atoms with Crippen molar-refractivity contribution in [3.8, 4) is 0 Å². The minimum Gasteiger partial charge on any atom is -0.390 e. The van der Waals surface area contributed by atoms with Gasteiger partial charge in [0.25, 0.3) is 0 Å². The van der Waals surface area contributed by atoms with Crippen molar-refractivity contribution in [2.75, 3.05) is 13.9 Å². The molecule has 0 aromatic heterocycles. The van der Waals surface area contributed by atoms with E-state index in [-0.39, 0.29) is 18.3 Å². The molecule has 25 heavy (non-hydrogen) atoms. The van der Waals surface area contributed by atoms with Gasteiger partial charge in [-0.25, -0.2) is 0 Å². The van der Waals surface area contributed by atoms with E-state index >= 15 is 0 Å². The standard InChI is InChI=1S/C21H36O4/c1-14-6-7-15-12-21(23)17(22)8-9-18(25-13-24-5)20(21,4)11-10-16(14)19(15,2)3/h15,17-18,22-23H,6-13H2,1-5H3/t15-,17-,18-,20+,21-/m0/s1. The van der Waals surface area contributed by atoms with Gasteiger partial charge in [-0.3, -0.25) is 0 Å². The molecule has 0 saturated heterocycles. The Hall–Kier alpha value is -0.420. The number of ether oxygens (including phenoxy) is 2. The van der Waals surface area contributed by atoms with Crippen LogP contribution in [-0.2, 0) is 9.47 Å². The van der Waals surface area contributed by atoms with Gasteiger partial charge >= 0.3 is 0 Å². The summed E-state index contributed by atoms with van der Waals surface area (Å²) in [4.78, 5) is 0. The molecule has 0 amide bonds. The molecule has 2 saturated carbocycles. The van der Waals surface area contributed by atoms with Crippen LogP contribution in [0.2, 0.25) is 0 Å². The fourth-order valence-electron chi connectivity index (χ4n) is 6.04. The summed E-state index contributed by atoms with van der Waals surface area (Å²) in [6.45, 7) is 9.30. The number of hydrogen-bond acceptors (Lipinski definition) is 4. The second-order valence-electron chi connectivity index (χ2n) is 9.42. The molecular formula is C21H36O4. The van der Waals surface area contributed by atoms with Crippen LogP contribution >= 0.6 is 0 Å². The third-order valence-corrected chi connectivity index (χ3v) is 7.97. The molecular weight excluding hydrogens is 316 g/mol. The van der Waals surface area contributed by atoms with Crippen LogP contribution < -0.4 is 0 Å². The van der Waals surface area contributed by atoms with Crippen molar-refractivity contribution in [3.05, 3.63) is 11.1 Å². The Morgan fingerprint density at radius 1 is 1.12 bits per heavy atom. The third kappa shape index (κ3) is 2.90. The van der Waals surface area contributed by atoms with Gasteiger partial charge in [0.1, 0.15) is 6.79 Å². The Bertz CT molecular complexity index is 538. The maximum absolute atomic E-state index is 11.8. The Labute approximate surface area is 152 Å². The summed E-state index contributed by atoms with van der Waals surface area (Å²) in [5.41, 5.74) is 1.64. The van der Waals surface area contributed by atoms with E-state index < -0.39 is 17.1 Å². The first-order valence-electron chi connectivity index (χ1n) is 9.87. The van der Waals surface area contributed by atoms with Crippen molar-refractivity contribution >= 4 is 0 Å². The Morgan fingerprint density at radius 2 is 1.84 bits per heavy atom. The molecule has 0 unspecified atom stereocenters. The van der Waals surface area contributed by atoms with E-state index in [9.17, 15) is 10.2 Å². The summed E-state index contributed by atoms with van der Waals surface area (Å²) in [6.07, 6.45) is 5.30. The minimum absolute atomic E-state index is 0.0799. The largest absolute Gasteiger partial charge is 0.390 e. The lowest BCUT2D eigenvalue weighted by Crippen LogP contribution is -2.65. The number of aliphatic hydroxyl groups is 2. The van der Waals surface area contributed by atoms with Crippen LogP contribution in [0.3, 0.4) is 0 Å². The van der Waals surface area contributed by atoms with E-state index in [4.69, 9.17) is 9.47 Å².